The maximum atomic E-state index is 11.9. The van der Waals surface area contributed by atoms with Gasteiger partial charge in [0.25, 0.3) is 0 Å². The van der Waals surface area contributed by atoms with E-state index in [1.807, 2.05) is 11.8 Å². The molecule has 0 aromatic heterocycles. The average molecular weight is 225 g/mol. The van der Waals surface area contributed by atoms with Crippen molar-refractivity contribution in [3.8, 4) is 0 Å². The lowest BCUT2D eigenvalue weighted by Crippen LogP contribution is -2.44. The highest BCUT2D eigenvalue weighted by Crippen LogP contribution is 2.20. The molecule has 1 unspecified atom stereocenters. The van der Waals surface area contributed by atoms with E-state index in [0.29, 0.717) is 6.04 Å². The van der Waals surface area contributed by atoms with Gasteiger partial charge in [-0.25, -0.2) is 0 Å². The normalized spacial score (nSPS) is 28.6. The van der Waals surface area contributed by atoms with Crippen LogP contribution in [0.25, 0.3) is 0 Å². The van der Waals surface area contributed by atoms with E-state index < -0.39 is 0 Å². The molecule has 2 atom stereocenters. The Labute approximate surface area is 97.8 Å². The average Bonchev–Trinajstić information content (AvgIpc) is 2.96. The van der Waals surface area contributed by atoms with Gasteiger partial charge in [-0.1, -0.05) is 6.92 Å². The van der Waals surface area contributed by atoms with Crippen molar-refractivity contribution in [2.45, 2.75) is 44.7 Å². The molecule has 16 heavy (non-hydrogen) atoms. The molecular weight excluding hydrogens is 202 g/mol. The number of carbonyl (C=O) groups excluding carboxylic acids is 1. The number of nitrogens with zero attached hydrogens (tertiary/aromatic N) is 2. The minimum atomic E-state index is -0.294. The van der Waals surface area contributed by atoms with Crippen molar-refractivity contribution in [2.75, 3.05) is 26.2 Å². The van der Waals surface area contributed by atoms with Gasteiger partial charge < -0.3 is 10.6 Å². The Morgan fingerprint density at radius 1 is 1.38 bits per heavy atom. The van der Waals surface area contributed by atoms with E-state index in [0.717, 1.165) is 25.9 Å². The van der Waals surface area contributed by atoms with E-state index >= 15 is 0 Å². The molecule has 2 N–H and O–H groups in total. The van der Waals surface area contributed by atoms with Crippen LogP contribution in [0.2, 0.25) is 0 Å². The highest BCUT2D eigenvalue weighted by atomic mass is 16.2. The molecule has 92 valence electrons. The second kappa shape index (κ2) is 5.15. The fraction of sp³-hybridized carbons (Fsp3) is 0.917. The van der Waals surface area contributed by atoms with E-state index in [9.17, 15) is 4.79 Å². The van der Waals surface area contributed by atoms with Gasteiger partial charge in [0, 0.05) is 19.1 Å². The number of rotatable bonds is 3. The molecule has 4 heteroatoms. The van der Waals surface area contributed by atoms with Gasteiger partial charge in [0.15, 0.2) is 0 Å². The Morgan fingerprint density at radius 2 is 2.06 bits per heavy atom. The topological polar surface area (TPSA) is 49.6 Å². The molecule has 1 amide bonds. The highest BCUT2D eigenvalue weighted by Gasteiger charge is 2.32. The van der Waals surface area contributed by atoms with Crippen LogP contribution in [0.15, 0.2) is 0 Å². The SMILES string of the molecule is CC[C@@H](N)C(=O)N1CCC(N2CCCC2)C1. The summed E-state index contributed by atoms with van der Waals surface area (Å²) in [6.07, 6.45) is 4.50. The quantitative estimate of drug-likeness (QED) is 0.757. The summed E-state index contributed by atoms with van der Waals surface area (Å²) < 4.78 is 0. The van der Waals surface area contributed by atoms with Crippen LogP contribution in [-0.2, 0) is 4.79 Å². The molecule has 0 aliphatic carbocycles. The Morgan fingerprint density at radius 3 is 2.69 bits per heavy atom. The number of hydrogen-bond acceptors (Lipinski definition) is 3. The van der Waals surface area contributed by atoms with Crippen LogP contribution in [0.4, 0.5) is 0 Å². The van der Waals surface area contributed by atoms with Crippen molar-refractivity contribution in [2.24, 2.45) is 5.73 Å². The number of amides is 1. The zero-order valence-corrected chi connectivity index (χ0v) is 10.2. The van der Waals surface area contributed by atoms with Gasteiger partial charge in [-0.05, 0) is 38.8 Å². The van der Waals surface area contributed by atoms with E-state index in [4.69, 9.17) is 5.73 Å². The predicted octanol–water partition coefficient (Wildman–Crippen LogP) is 0.420. The second-order valence-electron chi connectivity index (χ2n) is 4.98. The van der Waals surface area contributed by atoms with Gasteiger partial charge in [-0.3, -0.25) is 9.69 Å². The van der Waals surface area contributed by atoms with Gasteiger partial charge in [0.2, 0.25) is 5.91 Å². The summed E-state index contributed by atoms with van der Waals surface area (Å²) in [6.45, 7) is 6.19. The molecule has 0 bridgehead atoms. The van der Waals surface area contributed by atoms with Gasteiger partial charge in [-0.15, -0.1) is 0 Å². The predicted molar refractivity (Wildman–Crippen MR) is 64.1 cm³/mol. The molecule has 0 spiro atoms. The van der Waals surface area contributed by atoms with Crippen molar-refractivity contribution < 1.29 is 4.79 Å². The van der Waals surface area contributed by atoms with Gasteiger partial charge in [-0.2, -0.15) is 0 Å². The summed E-state index contributed by atoms with van der Waals surface area (Å²) >= 11 is 0. The van der Waals surface area contributed by atoms with E-state index in [1.165, 1.54) is 25.9 Å². The first kappa shape index (κ1) is 11.9. The third-order valence-corrected chi connectivity index (χ3v) is 3.89. The number of carbonyl (C=O) groups is 1. The van der Waals surface area contributed by atoms with Gasteiger partial charge >= 0.3 is 0 Å². The molecule has 2 aliphatic heterocycles. The Bertz CT molecular complexity index is 251. The number of likely N-dealkylation sites (tertiary alicyclic amines) is 2. The molecule has 2 aliphatic rings. The van der Waals surface area contributed by atoms with Crippen LogP contribution in [0.1, 0.15) is 32.6 Å². The molecule has 2 heterocycles. The van der Waals surface area contributed by atoms with Crippen molar-refractivity contribution in [1.82, 2.24) is 9.80 Å². The molecule has 0 aromatic rings. The highest BCUT2D eigenvalue weighted by molar-refractivity contribution is 5.81. The minimum Gasteiger partial charge on any atom is -0.340 e. The molecule has 0 radical (unpaired) electrons. The molecule has 2 rings (SSSR count). The lowest BCUT2D eigenvalue weighted by Gasteiger charge is -2.24. The van der Waals surface area contributed by atoms with E-state index in [1.54, 1.807) is 0 Å². The smallest absolute Gasteiger partial charge is 0.239 e. The molecule has 2 saturated heterocycles. The third-order valence-electron chi connectivity index (χ3n) is 3.89. The van der Waals surface area contributed by atoms with Crippen molar-refractivity contribution >= 4 is 5.91 Å². The summed E-state index contributed by atoms with van der Waals surface area (Å²) in [6, 6.07) is 0.299. The van der Waals surface area contributed by atoms with Crippen molar-refractivity contribution in [3.63, 3.8) is 0 Å². The Balaban J connectivity index is 1.85. The zero-order chi connectivity index (χ0) is 11.5. The number of nitrogens with two attached hydrogens (primary N) is 1. The first-order valence-electron chi connectivity index (χ1n) is 6.50. The van der Waals surface area contributed by atoms with Crippen molar-refractivity contribution in [1.29, 1.82) is 0 Å². The largest absolute Gasteiger partial charge is 0.340 e. The fourth-order valence-corrected chi connectivity index (χ4v) is 2.76. The summed E-state index contributed by atoms with van der Waals surface area (Å²) in [7, 11) is 0. The van der Waals surface area contributed by atoms with Crippen LogP contribution in [0, 0.1) is 0 Å². The first-order valence-corrected chi connectivity index (χ1v) is 6.50. The Kier molecular flexibility index (Phi) is 3.82. The zero-order valence-electron chi connectivity index (χ0n) is 10.2. The number of hydrogen-bond donors (Lipinski definition) is 1. The molecule has 0 aromatic carbocycles. The summed E-state index contributed by atoms with van der Waals surface area (Å²) in [4.78, 5) is 16.4. The lowest BCUT2D eigenvalue weighted by atomic mass is 10.2. The van der Waals surface area contributed by atoms with Crippen LogP contribution in [0.5, 0.6) is 0 Å². The molecule has 4 nitrogen and oxygen atoms in total. The second-order valence-corrected chi connectivity index (χ2v) is 4.98. The molecule has 0 saturated carbocycles. The minimum absolute atomic E-state index is 0.143. The van der Waals surface area contributed by atoms with E-state index in [-0.39, 0.29) is 11.9 Å². The Hall–Kier alpha value is -0.610. The summed E-state index contributed by atoms with van der Waals surface area (Å²) in [5.41, 5.74) is 5.79. The van der Waals surface area contributed by atoms with Crippen molar-refractivity contribution in [3.05, 3.63) is 0 Å². The fourth-order valence-electron chi connectivity index (χ4n) is 2.76. The molecule has 2 fully saturated rings. The van der Waals surface area contributed by atoms with E-state index in [2.05, 4.69) is 4.90 Å². The lowest BCUT2D eigenvalue weighted by molar-refractivity contribution is -0.131. The maximum absolute atomic E-state index is 11.9. The van der Waals surface area contributed by atoms with Gasteiger partial charge in [0.1, 0.15) is 0 Å². The maximum Gasteiger partial charge on any atom is 0.239 e. The van der Waals surface area contributed by atoms with Gasteiger partial charge in [0.05, 0.1) is 6.04 Å². The summed E-state index contributed by atoms with van der Waals surface area (Å²) in [5.74, 6) is 0.143. The monoisotopic (exact) mass is 225 g/mol. The molecular formula is C12H23N3O. The summed E-state index contributed by atoms with van der Waals surface area (Å²) in [5, 5.41) is 0. The third kappa shape index (κ3) is 2.38. The van der Waals surface area contributed by atoms with Crippen LogP contribution in [-0.4, -0.2) is 54.0 Å². The first-order chi connectivity index (χ1) is 7.72. The van der Waals surface area contributed by atoms with Crippen LogP contribution >= 0.6 is 0 Å². The van der Waals surface area contributed by atoms with Crippen LogP contribution < -0.4 is 5.73 Å². The standard InChI is InChI=1S/C12H23N3O/c1-2-11(13)12(16)15-8-5-10(9-15)14-6-3-4-7-14/h10-11H,2-9,13H2,1H3/t10?,11-/m1/s1. The van der Waals surface area contributed by atoms with Crippen LogP contribution in [0.3, 0.4) is 0 Å².